The molecule has 3 nitrogen and oxygen atoms in total. The van der Waals surface area contributed by atoms with E-state index in [0.29, 0.717) is 0 Å². The summed E-state index contributed by atoms with van der Waals surface area (Å²) in [6.07, 6.45) is 1.02. The molecule has 0 radical (unpaired) electrons. The molecule has 1 aliphatic rings. The fourth-order valence-corrected chi connectivity index (χ4v) is 9.07. The van der Waals surface area contributed by atoms with E-state index in [0.717, 1.165) is 6.42 Å². The van der Waals surface area contributed by atoms with E-state index >= 15 is 0 Å². The van der Waals surface area contributed by atoms with Gasteiger partial charge in [0.25, 0.3) is 0 Å². The maximum atomic E-state index is 3.98. The molecule has 3 heterocycles. The Morgan fingerprint density at radius 2 is 0.926 bits per heavy atom. The number of hydrogen-bond acceptors (Lipinski definition) is 1. The highest BCUT2D eigenvalue weighted by molar-refractivity contribution is 6.12. The normalized spacial score (nSPS) is 15.5. The molecule has 2 unspecified atom stereocenters. The Morgan fingerprint density at radius 3 is 1.69 bits per heavy atom. The standard InChI is InChI=1S/C51H37N3/c1-3-13-34(14-4-1)35-23-25-36(26-24-35)43-33-51(52-46-20-10-7-17-40(43)46)54-48-22-12-9-19-42(48)45-32-38(28-30-50(45)54)37-27-29-49-44(31-37)41-18-8-11-21-47(41)53(49)39-15-5-2-6-16-39/h1-32,43,51-52H,33H2. The molecule has 0 aliphatic carbocycles. The number of nitrogens with one attached hydrogen (secondary N) is 1. The van der Waals surface area contributed by atoms with Gasteiger partial charge in [0.15, 0.2) is 0 Å². The summed E-state index contributed by atoms with van der Waals surface area (Å²) >= 11 is 0. The van der Waals surface area contributed by atoms with Gasteiger partial charge < -0.3 is 14.5 Å². The van der Waals surface area contributed by atoms with Gasteiger partial charge in [-0.25, -0.2) is 0 Å². The third kappa shape index (κ3) is 4.89. The van der Waals surface area contributed by atoms with Gasteiger partial charge in [-0.15, -0.1) is 0 Å². The van der Waals surface area contributed by atoms with Gasteiger partial charge in [0.1, 0.15) is 6.17 Å². The second-order valence-corrected chi connectivity index (χ2v) is 14.6. The highest BCUT2D eigenvalue weighted by atomic mass is 15.2. The molecular formula is C51H37N3. The molecule has 3 heteroatoms. The molecule has 11 rings (SSSR count). The highest BCUT2D eigenvalue weighted by Gasteiger charge is 2.30. The summed E-state index contributed by atoms with van der Waals surface area (Å²) in [7, 11) is 0. The third-order valence-electron chi connectivity index (χ3n) is 11.6. The maximum Gasteiger partial charge on any atom is 0.105 e. The lowest BCUT2D eigenvalue weighted by Gasteiger charge is -2.35. The minimum absolute atomic E-state index is 0.0763. The lowest BCUT2D eigenvalue weighted by atomic mass is 9.83. The number of hydrogen-bond donors (Lipinski definition) is 1. The number of benzene rings is 8. The molecule has 0 fully saturated rings. The van der Waals surface area contributed by atoms with E-state index < -0.39 is 0 Å². The largest absolute Gasteiger partial charge is 0.365 e. The van der Waals surface area contributed by atoms with Crippen LogP contribution in [0.3, 0.4) is 0 Å². The molecule has 0 saturated heterocycles. The van der Waals surface area contributed by atoms with E-state index in [1.54, 1.807) is 0 Å². The smallest absolute Gasteiger partial charge is 0.105 e. The van der Waals surface area contributed by atoms with Crippen molar-refractivity contribution < 1.29 is 0 Å². The van der Waals surface area contributed by atoms with Crippen molar-refractivity contribution in [1.82, 2.24) is 9.13 Å². The van der Waals surface area contributed by atoms with Gasteiger partial charge in [-0.3, -0.25) is 0 Å². The summed E-state index contributed by atoms with van der Waals surface area (Å²) in [5.41, 5.74) is 15.0. The number of aromatic nitrogens is 2. The van der Waals surface area contributed by atoms with Crippen molar-refractivity contribution in [3.63, 3.8) is 0 Å². The Morgan fingerprint density at radius 1 is 0.407 bits per heavy atom. The zero-order valence-electron chi connectivity index (χ0n) is 29.7. The number of rotatable bonds is 5. The summed E-state index contributed by atoms with van der Waals surface area (Å²) in [6.45, 7) is 0. The van der Waals surface area contributed by atoms with Gasteiger partial charge in [0, 0.05) is 38.8 Å². The van der Waals surface area contributed by atoms with Crippen LogP contribution in [0, 0.1) is 0 Å². The maximum absolute atomic E-state index is 3.98. The van der Waals surface area contributed by atoms with Gasteiger partial charge in [0.05, 0.1) is 22.1 Å². The Hall–Kier alpha value is -6.84. The molecule has 0 bridgehead atoms. The first-order chi connectivity index (χ1) is 26.8. The van der Waals surface area contributed by atoms with Crippen LogP contribution in [0.15, 0.2) is 194 Å². The number of para-hydroxylation sites is 4. The van der Waals surface area contributed by atoms with E-state index in [-0.39, 0.29) is 12.1 Å². The molecule has 54 heavy (non-hydrogen) atoms. The molecule has 0 spiro atoms. The molecule has 0 saturated carbocycles. The Labute approximate surface area is 314 Å². The van der Waals surface area contributed by atoms with E-state index in [1.807, 2.05) is 0 Å². The average molecular weight is 692 g/mol. The van der Waals surface area contributed by atoms with Crippen molar-refractivity contribution in [2.45, 2.75) is 18.5 Å². The second-order valence-electron chi connectivity index (χ2n) is 14.6. The summed E-state index contributed by atoms with van der Waals surface area (Å²) in [5.74, 6) is 0.262. The van der Waals surface area contributed by atoms with Crippen LogP contribution in [0.1, 0.15) is 29.6 Å². The topological polar surface area (TPSA) is 21.9 Å². The van der Waals surface area contributed by atoms with Gasteiger partial charge in [-0.05, 0) is 94.4 Å². The lowest BCUT2D eigenvalue weighted by molar-refractivity contribution is 0.496. The molecule has 8 aromatic carbocycles. The number of fused-ring (bicyclic) bond motifs is 7. The van der Waals surface area contributed by atoms with Crippen molar-refractivity contribution in [2.75, 3.05) is 5.32 Å². The Bertz CT molecular complexity index is 2990. The molecule has 2 aromatic heterocycles. The van der Waals surface area contributed by atoms with Crippen molar-refractivity contribution in [3.05, 3.63) is 205 Å². The van der Waals surface area contributed by atoms with Crippen molar-refractivity contribution in [2.24, 2.45) is 0 Å². The van der Waals surface area contributed by atoms with E-state index in [4.69, 9.17) is 0 Å². The predicted molar refractivity (Wildman–Crippen MR) is 227 cm³/mol. The highest BCUT2D eigenvalue weighted by Crippen LogP contribution is 2.45. The quantitative estimate of drug-likeness (QED) is 0.191. The Kier molecular flexibility index (Phi) is 7.06. The Balaban J connectivity index is 1.02. The van der Waals surface area contributed by atoms with Crippen LogP contribution < -0.4 is 5.32 Å². The van der Waals surface area contributed by atoms with Crippen molar-refractivity contribution >= 4 is 49.3 Å². The predicted octanol–water partition coefficient (Wildman–Crippen LogP) is 13.4. The summed E-state index contributed by atoms with van der Waals surface area (Å²) < 4.78 is 4.93. The number of nitrogens with zero attached hydrogens (tertiary/aromatic N) is 2. The molecule has 256 valence electrons. The minimum atomic E-state index is 0.0763. The molecule has 10 aromatic rings. The molecule has 1 aliphatic heterocycles. The van der Waals surface area contributed by atoms with Crippen molar-refractivity contribution in [3.8, 4) is 27.9 Å². The fourth-order valence-electron chi connectivity index (χ4n) is 9.07. The first-order valence-corrected chi connectivity index (χ1v) is 18.9. The van der Waals surface area contributed by atoms with Crippen LogP contribution in [0.4, 0.5) is 5.69 Å². The molecule has 2 atom stereocenters. The van der Waals surface area contributed by atoms with Crippen LogP contribution in [0.2, 0.25) is 0 Å². The summed E-state index contributed by atoms with van der Waals surface area (Å²) in [5, 5.41) is 9.07. The summed E-state index contributed by atoms with van der Waals surface area (Å²) in [6, 6.07) is 71.1. The van der Waals surface area contributed by atoms with E-state index in [9.17, 15) is 0 Å². The first-order valence-electron chi connectivity index (χ1n) is 18.9. The zero-order valence-corrected chi connectivity index (χ0v) is 29.7. The SMILES string of the molecule is c1ccc(-c2ccc(C3CC(n4c5ccccc5c5cc(-c6ccc7c(c6)c6ccccc6n7-c6ccccc6)ccc54)Nc4ccccc43)cc2)cc1. The van der Waals surface area contributed by atoms with Crippen LogP contribution in [0.25, 0.3) is 71.6 Å². The van der Waals surface area contributed by atoms with E-state index in [1.165, 1.54) is 88.4 Å². The van der Waals surface area contributed by atoms with Crippen LogP contribution >= 0.6 is 0 Å². The second kappa shape index (κ2) is 12.4. The average Bonchev–Trinajstić information content (AvgIpc) is 3.76. The van der Waals surface area contributed by atoms with Crippen LogP contribution in [-0.2, 0) is 0 Å². The van der Waals surface area contributed by atoms with Gasteiger partial charge in [0.2, 0.25) is 0 Å². The lowest BCUT2D eigenvalue weighted by Crippen LogP contribution is -2.26. The molecular weight excluding hydrogens is 655 g/mol. The van der Waals surface area contributed by atoms with Crippen molar-refractivity contribution in [1.29, 1.82) is 0 Å². The van der Waals surface area contributed by atoms with Crippen LogP contribution in [-0.4, -0.2) is 9.13 Å². The third-order valence-corrected chi connectivity index (χ3v) is 11.6. The number of anilines is 1. The monoisotopic (exact) mass is 691 g/mol. The molecule has 0 amide bonds. The van der Waals surface area contributed by atoms with Gasteiger partial charge in [-0.1, -0.05) is 140 Å². The summed E-state index contributed by atoms with van der Waals surface area (Å²) in [4.78, 5) is 0. The molecule has 1 N–H and O–H groups in total. The minimum Gasteiger partial charge on any atom is -0.365 e. The van der Waals surface area contributed by atoms with Crippen LogP contribution in [0.5, 0.6) is 0 Å². The zero-order chi connectivity index (χ0) is 35.6. The van der Waals surface area contributed by atoms with E-state index in [2.05, 4.69) is 209 Å². The van der Waals surface area contributed by atoms with Gasteiger partial charge in [-0.2, -0.15) is 0 Å². The fraction of sp³-hybridized carbons (Fsp3) is 0.0588. The van der Waals surface area contributed by atoms with Gasteiger partial charge >= 0.3 is 0 Å². The first kappa shape index (κ1) is 30.8.